The number of nitrogens with zero attached hydrogens (tertiary/aromatic N) is 2. The Morgan fingerprint density at radius 3 is 2.34 bits per heavy atom. The van der Waals surface area contributed by atoms with Gasteiger partial charge in [-0.1, -0.05) is 30.3 Å². The van der Waals surface area contributed by atoms with Gasteiger partial charge in [0.15, 0.2) is 0 Å². The first-order valence-electron chi connectivity index (χ1n) is 9.35. The third-order valence-electron chi connectivity index (χ3n) is 5.05. The van der Waals surface area contributed by atoms with Gasteiger partial charge in [0.05, 0.1) is 5.02 Å². The number of benzene rings is 2. The molecule has 0 saturated carbocycles. The van der Waals surface area contributed by atoms with Crippen LogP contribution in [-0.4, -0.2) is 52.9 Å². The minimum Gasteiger partial charge on any atom is -0.508 e. The highest BCUT2D eigenvalue weighted by atomic mass is 35.5. The molecule has 0 bridgehead atoms. The number of phenolic OH excluding ortho intramolecular Hbond substituents is 1. The first-order chi connectivity index (χ1) is 13.9. The van der Waals surface area contributed by atoms with Crippen molar-refractivity contribution in [3.63, 3.8) is 0 Å². The summed E-state index contributed by atoms with van der Waals surface area (Å²) in [6.07, 6.45) is 1.86. The van der Waals surface area contributed by atoms with E-state index in [0.717, 1.165) is 5.56 Å². The maximum atomic E-state index is 13.2. The molecule has 1 aliphatic heterocycles. The van der Waals surface area contributed by atoms with Gasteiger partial charge >= 0.3 is 0 Å². The molecule has 7 heteroatoms. The SMILES string of the molecule is C=CC(=O)N1CCN(C(=O)CCc2cc(-c3ccc(F)cc3)c(Cl)cc2O)CC1. The van der Waals surface area contributed by atoms with Gasteiger partial charge < -0.3 is 14.9 Å². The van der Waals surface area contributed by atoms with E-state index in [1.54, 1.807) is 28.0 Å². The zero-order chi connectivity index (χ0) is 21.0. The maximum Gasteiger partial charge on any atom is 0.246 e. The molecule has 5 nitrogen and oxygen atoms in total. The van der Waals surface area contributed by atoms with E-state index in [1.165, 1.54) is 24.3 Å². The second-order valence-electron chi connectivity index (χ2n) is 6.88. The lowest BCUT2D eigenvalue weighted by Gasteiger charge is -2.34. The minimum atomic E-state index is -0.343. The summed E-state index contributed by atoms with van der Waals surface area (Å²) in [6.45, 7) is 5.40. The van der Waals surface area contributed by atoms with Crippen LogP contribution in [0.5, 0.6) is 5.75 Å². The first kappa shape index (κ1) is 20.9. The second kappa shape index (κ2) is 9.09. The molecule has 1 fully saturated rings. The number of halogens is 2. The Hall–Kier alpha value is -2.86. The summed E-state index contributed by atoms with van der Waals surface area (Å²) >= 11 is 6.24. The predicted octanol–water partition coefficient (Wildman–Crippen LogP) is 3.64. The molecule has 2 amide bonds. The normalized spacial score (nSPS) is 14.0. The van der Waals surface area contributed by atoms with Gasteiger partial charge in [0.2, 0.25) is 11.8 Å². The number of carbonyl (C=O) groups excluding carboxylic acids is 2. The quantitative estimate of drug-likeness (QED) is 0.757. The van der Waals surface area contributed by atoms with Crippen LogP contribution in [0.25, 0.3) is 11.1 Å². The van der Waals surface area contributed by atoms with Crippen LogP contribution in [0.15, 0.2) is 49.1 Å². The molecule has 1 heterocycles. The van der Waals surface area contributed by atoms with Crippen LogP contribution in [0.3, 0.4) is 0 Å². The van der Waals surface area contributed by atoms with Crippen molar-refractivity contribution in [3.05, 3.63) is 65.5 Å². The van der Waals surface area contributed by atoms with Crippen LogP contribution in [-0.2, 0) is 16.0 Å². The number of rotatable bonds is 5. The fourth-order valence-electron chi connectivity index (χ4n) is 3.36. The molecule has 0 atom stereocenters. The highest BCUT2D eigenvalue weighted by Crippen LogP contribution is 2.34. The molecule has 2 aromatic rings. The van der Waals surface area contributed by atoms with Crippen molar-refractivity contribution in [2.75, 3.05) is 26.2 Å². The topological polar surface area (TPSA) is 60.9 Å². The Balaban J connectivity index is 1.65. The molecule has 0 radical (unpaired) electrons. The summed E-state index contributed by atoms with van der Waals surface area (Å²) in [7, 11) is 0. The summed E-state index contributed by atoms with van der Waals surface area (Å²) in [4.78, 5) is 27.6. The van der Waals surface area contributed by atoms with E-state index in [9.17, 15) is 19.1 Å². The lowest BCUT2D eigenvalue weighted by atomic mass is 9.99. The summed E-state index contributed by atoms with van der Waals surface area (Å²) in [6, 6.07) is 9.11. The van der Waals surface area contributed by atoms with Gasteiger partial charge in [-0.05, 0) is 47.9 Å². The molecular weight excluding hydrogens is 395 g/mol. The zero-order valence-electron chi connectivity index (χ0n) is 15.9. The van der Waals surface area contributed by atoms with Crippen LogP contribution < -0.4 is 0 Å². The molecule has 0 unspecified atom stereocenters. The molecule has 3 rings (SSSR count). The van der Waals surface area contributed by atoms with Gasteiger partial charge in [-0.2, -0.15) is 0 Å². The molecule has 0 aromatic heterocycles. The molecule has 152 valence electrons. The van der Waals surface area contributed by atoms with Crippen molar-refractivity contribution in [1.29, 1.82) is 0 Å². The highest BCUT2D eigenvalue weighted by molar-refractivity contribution is 6.33. The molecule has 0 spiro atoms. The van der Waals surface area contributed by atoms with E-state index in [-0.39, 0.29) is 29.8 Å². The monoisotopic (exact) mass is 416 g/mol. The van der Waals surface area contributed by atoms with Crippen LogP contribution in [0.4, 0.5) is 4.39 Å². The number of aromatic hydroxyl groups is 1. The molecule has 1 N–H and O–H groups in total. The van der Waals surface area contributed by atoms with Gasteiger partial charge in [-0.3, -0.25) is 9.59 Å². The Morgan fingerprint density at radius 2 is 1.72 bits per heavy atom. The summed E-state index contributed by atoms with van der Waals surface area (Å²) in [5.41, 5.74) is 2.00. The lowest BCUT2D eigenvalue weighted by molar-refractivity contribution is -0.137. The van der Waals surface area contributed by atoms with Gasteiger partial charge in [-0.25, -0.2) is 4.39 Å². The number of hydrogen-bond donors (Lipinski definition) is 1. The average Bonchev–Trinajstić information content (AvgIpc) is 2.73. The number of amides is 2. The van der Waals surface area contributed by atoms with E-state index in [1.807, 2.05) is 0 Å². The Morgan fingerprint density at radius 1 is 1.10 bits per heavy atom. The van der Waals surface area contributed by atoms with E-state index in [2.05, 4.69) is 6.58 Å². The van der Waals surface area contributed by atoms with Crippen molar-refractivity contribution in [3.8, 4) is 16.9 Å². The third kappa shape index (κ3) is 4.95. The van der Waals surface area contributed by atoms with Crippen LogP contribution in [0, 0.1) is 5.82 Å². The fourth-order valence-corrected chi connectivity index (χ4v) is 3.63. The fraction of sp³-hybridized carbons (Fsp3) is 0.273. The number of phenols is 1. The largest absolute Gasteiger partial charge is 0.508 e. The van der Waals surface area contributed by atoms with Gasteiger partial charge in [0, 0.05) is 38.2 Å². The van der Waals surface area contributed by atoms with E-state index in [0.29, 0.717) is 48.7 Å². The molecule has 1 saturated heterocycles. The number of piperazine rings is 1. The van der Waals surface area contributed by atoms with Crippen LogP contribution in [0.2, 0.25) is 5.02 Å². The Labute approximate surface area is 174 Å². The Bertz CT molecular complexity index is 922. The lowest BCUT2D eigenvalue weighted by Crippen LogP contribution is -2.50. The van der Waals surface area contributed by atoms with Gasteiger partial charge in [-0.15, -0.1) is 0 Å². The number of carbonyl (C=O) groups is 2. The van der Waals surface area contributed by atoms with Crippen molar-refractivity contribution >= 4 is 23.4 Å². The number of hydrogen-bond acceptors (Lipinski definition) is 3. The Kier molecular flexibility index (Phi) is 6.54. The second-order valence-corrected chi connectivity index (χ2v) is 7.29. The smallest absolute Gasteiger partial charge is 0.246 e. The van der Waals surface area contributed by atoms with Crippen molar-refractivity contribution < 1.29 is 19.1 Å². The molecule has 0 aliphatic carbocycles. The van der Waals surface area contributed by atoms with E-state index < -0.39 is 0 Å². The standard InChI is InChI=1S/C22H22ClFN2O3/c1-2-21(28)25-9-11-26(12-10-25)22(29)8-5-16-13-18(19(23)14-20(16)27)15-3-6-17(24)7-4-15/h2-4,6-7,13-14,27H,1,5,8-12H2. The molecular formula is C22H22ClFN2O3. The molecule has 1 aliphatic rings. The van der Waals surface area contributed by atoms with Crippen LogP contribution >= 0.6 is 11.6 Å². The number of aryl methyl sites for hydroxylation is 1. The van der Waals surface area contributed by atoms with Gasteiger partial charge in [0.1, 0.15) is 11.6 Å². The zero-order valence-corrected chi connectivity index (χ0v) is 16.7. The summed E-state index contributed by atoms with van der Waals surface area (Å²) in [5, 5.41) is 10.6. The predicted molar refractivity (Wildman–Crippen MR) is 110 cm³/mol. The summed E-state index contributed by atoms with van der Waals surface area (Å²) < 4.78 is 13.2. The van der Waals surface area contributed by atoms with Crippen molar-refractivity contribution in [2.45, 2.75) is 12.8 Å². The summed E-state index contributed by atoms with van der Waals surface area (Å²) in [5.74, 6) is -0.482. The van der Waals surface area contributed by atoms with Crippen molar-refractivity contribution in [1.82, 2.24) is 9.80 Å². The van der Waals surface area contributed by atoms with Crippen molar-refractivity contribution in [2.24, 2.45) is 0 Å². The third-order valence-corrected chi connectivity index (χ3v) is 5.36. The van der Waals surface area contributed by atoms with E-state index >= 15 is 0 Å². The first-order valence-corrected chi connectivity index (χ1v) is 9.73. The molecule has 29 heavy (non-hydrogen) atoms. The van der Waals surface area contributed by atoms with Gasteiger partial charge in [0.25, 0.3) is 0 Å². The highest BCUT2D eigenvalue weighted by Gasteiger charge is 2.23. The minimum absolute atomic E-state index is 0.0232. The van der Waals surface area contributed by atoms with E-state index in [4.69, 9.17) is 11.6 Å². The van der Waals surface area contributed by atoms with Crippen LogP contribution in [0.1, 0.15) is 12.0 Å². The average molecular weight is 417 g/mol. The molecule has 2 aromatic carbocycles. The maximum absolute atomic E-state index is 13.2.